The number of ether oxygens (including phenoxy) is 1. The molecule has 0 aliphatic rings. The number of carbonyl (C=O) groups excluding carboxylic acids is 1. The summed E-state index contributed by atoms with van der Waals surface area (Å²) in [5.74, 6) is 1.01. The SMILES string of the molecule is CCCOc1ccccc1NC(=O)CCSc1ccc(F)cc1. The molecule has 0 unspecified atom stereocenters. The maximum absolute atomic E-state index is 12.8. The van der Waals surface area contributed by atoms with Crippen LogP contribution < -0.4 is 10.1 Å². The van der Waals surface area contributed by atoms with Crippen LogP contribution in [0.3, 0.4) is 0 Å². The number of rotatable bonds is 8. The fourth-order valence-electron chi connectivity index (χ4n) is 1.91. The Kier molecular flexibility index (Phi) is 6.94. The molecule has 3 nitrogen and oxygen atoms in total. The zero-order chi connectivity index (χ0) is 16.5. The van der Waals surface area contributed by atoms with Crippen molar-refractivity contribution >= 4 is 23.4 Å². The van der Waals surface area contributed by atoms with Crippen molar-refractivity contribution in [1.82, 2.24) is 0 Å². The van der Waals surface area contributed by atoms with E-state index in [0.29, 0.717) is 30.2 Å². The van der Waals surface area contributed by atoms with E-state index in [4.69, 9.17) is 4.74 Å². The molecule has 0 radical (unpaired) electrons. The number of para-hydroxylation sites is 2. The Hall–Kier alpha value is -2.01. The van der Waals surface area contributed by atoms with E-state index < -0.39 is 0 Å². The molecule has 2 aromatic rings. The Morgan fingerprint density at radius 3 is 2.65 bits per heavy atom. The Labute approximate surface area is 140 Å². The maximum Gasteiger partial charge on any atom is 0.225 e. The van der Waals surface area contributed by atoms with E-state index in [2.05, 4.69) is 5.32 Å². The van der Waals surface area contributed by atoms with Crippen molar-refractivity contribution in [3.8, 4) is 5.75 Å². The van der Waals surface area contributed by atoms with Gasteiger partial charge in [0.2, 0.25) is 5.91 Å². The molecule has 2 aromatic carbocycles. The van der Waals surface area contributed by atoms with Crippen molar-refractivity contribution in [3.63, 3.8) is 0 Å². The van der Waals surface area contributed by atoms with Crippen LogP contribution in [0.25, 0.3) is 0 Å². The number of halogens is 1. The standard InChI is InChI=1S/C18H20FNO2S/c1-2-12-22-17-6-4-3-5-16(17)20-18(21)11-13-23-15-9-7-14(19)8-10-15/h3-10H,2,11-13H2,1H3,(H,20,21). The van der Waals surface area contributed by atoms with Gasteiger partial charge in [-0.25, -0.2) is 4.39 Å². The third-order valence-electron chi connectivity index (χ3n) is 3.03. The zero-order valence-electron chi connectivity index (χ0n) is 13.0. The fraction of sp³-hybridized carbons (Fsp3) is 0.278. The summed E-state index contributed by atoms with van der Waals surface area (Å²) in [6, 6.07) is 13.7. The molecule has 0 saturated carbocycles. The summed E-state index contributed by atoms with van der Waals surface area (Å²) in [5, 5.41) is 2.88. The van der Waals surface area contributed by atoms with Crippen LogP contribution in [0, 0.1) is 5.82 Å². The number of hydrogen-bond acceptors (Lipinski definition) is 3. The molecule has 0 bridgehead atoms. The first-order chi connectivity index (χ1) is 11.2. The van der Waals surface area contributed by atoms with E-state index in [1.165, 1.54) is 23.9 Å². The Balaban J connectivity index is 1.81. The lowest BCUT2D eigenvalue weighted by atomic mass is 10.3. The summed E-state index contributed by atoms with van der Waals surface area (Å²) in [4.78, 5) is 13.0. The lowest BCUT2D eigenvalue weighted by Gasteiger charge is -2.11. The first-order valence-electron chi connectivity index (χ1n) is 7.59. The van der Waals surface area contributed by atoms with Gasteiger partial charge in [-0.2, -0.15) is 0 Å². The van der Waals surface area contributed by atoms with E-state index >= 15 is 0 Å². The van der Waals surface area contributed by atoms with Gasteiger partial charge in [0.1, 0.15) is 11.6 Å². The molecule has 0 atom stereocenters. The van der Waals surface area contributed by atoms with Gasteiger partial charge < -0.3 is 10.1 Å². The van der Waals surface area contributed by atoms with Gasteiger partial charge in [0.15, 0.2) is 0 Å². The third kappa shape index (κ3) is 5.94. The number of benzene rings is 2. The minimum Gasteiger partial charge on any atom is -0.491 e. The van der Waals surface area contributed by atoms with Crippen LogP contribution in [0.5, 0.6) is 5.75 Å². The number of amides is 1. The lowest BCUT2D eigenvalue weighted by Crippen LogP contribution is -2.13. The van der Waals surface area contributed by atoms with E-state index in [-0.39, 0.29) is 11.7 Å². The Morgan fingerprint density at radius 1 is 1.17 bits per heavy atom. The molecular formula is C18H20FNO2S. The lowest BCUT2D eigenvalue weighted by molar-refractivity contribution is -0.115. The summed E-state index contributed by atoms with van der Waals surface area (Å²) < 4.78 is 18.4. The molecular weight excluding hydrogens is 313 g/mol. The second-order valence-corrected chi connectivity index (χ2v) is 6.11. The van der Waals surface area contributed by atoms with Crippen molar-refractivity contribution < 1.29 is 13.9 Å². The third-order valence-corrected chi connectivity index (χ3v) is 4.05. The van der Waals surface area contributed by atoms with Gasteiger partial charge in [0.25, 0.3) is 0 Å². The molecule has 0 aliphatic carbocycles. The van der Waals surface area contributed by atoms with Gasteiger partial charge in [0.05, 0.1) is 12.3 Å². The number of hydrogen-bond donors (Lipinski definition) is 1. The van der Waals surface area contributed by atoms with Crippen LogP contribution in [0.2, 0.25) is 0 Å². The van der Waals surface area contributed by atoms with Crippen molar-refractivity contribution in [1.29, 1.82) is 0 Å². The molecule has 0 saturated heterocycles. The zero-order valence-corrected chi connectivity index (χ0v) is 13.9. The van der Waals surface area contributed by atoms with Gasteiger partial charge in [-0.05, 0) is 42.8 Å². The molecule has 0 aliphatic heterocycles. The first-order valence-corrected chi connectivity index (χ1v) is 8.57. The van der Waals surface area contributed by atoms with Crippen molar-refractivity contribution in [2.45, 2.75) is 24.7 Å². The Morgan fingerprint density at radius 2 is 1.91 bits per heavy atom. The number of nitrogens with one attached hydrogen (secondary N) is 1. The van der Waals surface area contributed by atoms with Gasteiger partial charge >= 0.3 is 0 Å². The van der Waals surface area contributed by atoms with Gasteiger partial charge in [-0.3, -0.25) is 4.79 Å². The average molecular weight is 333 g/mol. The van der Waals surface area contributed by atoms with Crippen LogP contribution in [0.1, 0.15) is 19.8 Å². The summed E-state index contributed by atoms with van der Waals surface area (Å²) >= 11 is 1.53. The average Bonchev–Trinajstić information content (AvgIpc) is 2.56. The largest absolute Gasteiger partial charge is 0.491 e. The molecule has 122 valence electrons. The van der Waals surface area contributed by atoms with Gasteiger partial charge in [-0.15, -0.1) is 11.8 Å². The number of carbonyl (C=O) groups is 1. The molecule has 0 fully saturated rings. The molecule has 1 N–H and O–H groups in total. The van der Waals surface area contributed by atoms with Gasteiger partial charge in [0, 0.05) is 17.1 Å². The predicted octanol–water partition coefficient (Wildman–Crippen LogP) is 4.74. The fourth-order valence-corrected chi connectivity index (χ4v) is 2.76. The molecule has 0 aromatic heterocycles. The Bertz CT molecular complexity index is 631. The van der Waals surface area contributed by atoms with E-state index in [0.717, 1.165) is 11.3 Å². The summed E-state index contributed by atoms with van der Waals surface area (Å²) in [5.41, 5.74) is 0.692. The highest BCUT2D eigenvalue weighted by Crippen LogP contribution is 2.24. The minimum atomic E-state index is -0.254. The topological polar surface area (TPSA) is 38.3 Å². The van der Waals surface area contributed by atoms with Crippen molar-refractivity contribution in [2.75, 3.05) is 17.7 Å². The van der Waals surface area contributed by atoms with Crippen LogP contribution in [-0.2, 0) is 4.79 Å². The van der Waals surface area contributed by atoms with E-state index in [1.54, 1.807) is 12.1 Å². The van der Waals surface area contributed by atoms with Crippen LogP contribution >= 0.6 is 11.8 Å². The number of anilines is 1. The molecule has 0 spiro atoms. The van der Waals surface area contributed by atoms with E-state index in [9.17, 15) is 9.18 Å². The number of thioether (sulfide) groups is 1. The van der Waals surface area contributed by atoms with Crippen LogP contribution in [0.15, 0.2) is 53.4 Å². The second-order valence-electron chi connectivity index (χ2n) is 4.95. The monoisotopic (exact) mass is 333 g/mol. The van der Waals surface area contributed by atoms with Crippen molar-refractivity contribution in [3.05, 3.63) is 54.3 Å². The van der Waals surface area contributed by atoms with Gasteiger partial charge in [-0.1, -0.05) is 19.1 Å². The second kappa shape index (κ2) is 9.20. The normalized spacial score (nSPS) is 10.3. The molecule has 2 rings (SSSR count). The maximum atomic E-state index is 12.8. The summed E-state index contributed by atoms with van der Waals surface area (Å²) in [7, 11) is 0. The summed E-state index contributed by atoms with van der Waals surface area (Å²) in [6.07, 6.45) is 1.29. The quantitative estimate of drug-likeness (QED) is 0.709. The predicted molar refractivity (Wildman–Crippen MR) is 92.6 cm³/mol. The highest BCUT2D eigenvalue weighted by atomic mass is 32.2. The highest BCUT2D eigenvalue weighted by molar-refractivity contribution is 7.99. The minimum absolute atomic E-state index is 0.0628. The molecule has 5 heteroatoms. The van der Waals surface area contributed by atoms with Crippen LogP contribution in [0.4, 0.5) is 10.1 Å². The van der Waals surface area contributed by atoms with Crippen LogP contribution in [-0.4, -0.2) is 18.3 Å². The smallest absolute Gasteiger partial charge is 0.225 e. The van der Waals surface area contributed by atoms with Crippen molar-refractivity contribution in [2.24, 2.45) is 0 Å². The first kappa shape index (κ1) is 17.3. The molecule has 1 amide bonds. The summed E-state index contributed by atoms with van der Waals surface area (Å²) in [6.45, 7) is 2.65. The molecule has 0 heterocycles. The molecule has 23 heavy (non-hydrogen) atoms. The highest BCUT2D eigenvalue weighted by Gasteiger charge is 2.07. The van der Waals surface area contributed by atoms with E-state index in [1.807, 2.05) is 31.2 Å².